The minimum Gasteiger partial charge on any atom is -0.392 e. The second kappa shape index (κ2) is 5.84. The first-order valence-corrected chi connectivity index (χ1v) is 7.51. The number of nitrogens with one attached hydrogen (secondary N) is 1. The van der Waals surface area contributed by atoms with E-state index < -0.39 is 6.10 Å². The largest absolute Gasteiger partial charge is 0.392 e. The minimum atomic E-state index is -0.496. The van der Waals surface area contributed by atoms with Crippen molar-refractivity contribution in [3.8, 4) is 0 Å². The van der Waals surface area contributed by atoms with Crippen LogP contribution in [0, 0.1) is 5.41 Å². The predicted octanol–water partition coefficient (Wildman–Crippen LogP) is 2.59. The van der Waals surface area contributed by atoms with Gasteiger partial charge in [0.2, 0.25) is 0 Å². The molecule has 1 fully saturated rings. The Hall–Kier alpha value is -0.900. The fourth-order valence-corrected chi connectivity index (χ4v) is 2.72. The molecule has 20 heavy (non-hydrogen) atoms. The van der Waals surface area contributed by atoms with E-state index in [1.54, 1.807) is 0 Å². The smallest absolute Gasteiger partial charge is 0.0914 e. The molecule has 0 bridgehead atoms. The summed E-state index contributed by atoms with van der Waals surface area (Å²) in [6, 6.07) is 8.45. The monoisotopic (exact) mass is 277 g/mol. The quantitative estimate of drug-likeness (QED) is 0.775. The van der Waals surface area contributed by atoms with Crippen LogP contribution in [-0.2, 0) is 0 Å². The molecule has 1 saturated carbocycles. The molecule has 3 nitrogen and oxygen atoms in total. The van der Waals surface area contributed by atoms with Gasteiger partial charge in [-0.1, -0.05) is 52.0 Å². The van der Waals surface area contributed by atoms with Gasteiger partial charge in [0.05, 0.1) is 12.2 Å². The van der Waals surface area contributed by atoms with E-state index in [2.05, 4.69) is 45.1 Å². The van der Waals surface area contributed by atoms with E-state index in [4.69, 9.17) is 0 Å². The third-order valence-electron chi connectivity index (χ3n) is 4.76. The van der Waals surface area contributed by atoms with Crippen LogP contribution in [0.15, 0.2) is 24.3 Å². The van der Waals surface area contributed by atoms with E-state index in [1.165, 1.54) is 5.56 Å². The maximum Gasteiger partial charge on any atom is 0.0914 e. The van der Waals surface area contributed by atoms with Crippen LogP contribution in [0.5, 0.6) is 0 Å². The van der Waals surface area contributed by atoms with E-state index in [9.17, 15) is 10.2 Å². The third-order valence-corrected chi connectivity index (χ3v) is 4.76. The predicted molar refractivity (Wildman–Crippen MR) is 81.7 cm³/mol. The van der Waals surface area contributed by atoms with Crippen molar-refractivity contribution in [1.29, 1.82) is 0 Å². The van der Waals surface area contributed by atoms with Gasteiger partial charge in [-0.05, 0) is 23.5 Å². The summed E-state index contributed by atoms with van der Waals surface area (Å²) in [5.41, 5.74) is 2.14. The maximum atomic E-state index is 10.2. The Balaban J connectivity index is 1.87. The van der Waals surface area contributed by atoms with E-state index >= 15 is 0 Å². The molecular formula is C17H27NO2. The number of hydrogen-bond donors (Lipinski definition) is 3. The lowest BCUT2D eigenvalue weighted by molar-refractivity contribution is -0.0749. The first-order valence-electron chi connectivity index (χ1n) is 7.51. The van der Waals surface area contributed by atoms with E-state index in [-0.39, 0.29) is 17.6 Å². The molecule has 3 atom stereocenters. The van der Waals surface area contributed by atoms with E-state index in [0.29, 0.717) is 12.5 Å². The Morgan fingerprint density at radius 2 is 1.75 bits per heavy atom. The van der Waals surface area contributed by atoms with Gasteiger partial charge in [-0.3, -0.25) is 0 Å². The molecule has 0 aliphatic heterocycles. The van der Waals surface area contributed by atoms with Gasteiger partial charge in [0.15, 0.2) is 0 Å². The van der Waals surface area contributed by atoms with Crippen LogP contribution in [0.25, 0.3) is 0 Å². The normalized spacial score (nSPS) is 26.4. The summed E-state index contributed by atoms with van der Waals surface area (Å²) in [4.78, 5) is 0. The summed E-state index contributed by atoms with van der Waals surface area (Å²) in [6.45, 7) is 8.97. The molecule has 0 heterocycles. The van der Waals surface area contributed by atoms with Crippen LogP contribution in [0.2, 0.25) is 0 Å². The number of aliphatic hydroxyl groups excluding tert-OH is 2. The highest BCUT2D eigenvalue weighted by molar-refractivity contribution is 5.26. The number of hydrogen-bond acceptors (Lipinski definition) is 3. The molecule has 0 amide bonds. The Morgan fingerprint density at radius 1 is 1.20 bits per heavy atom. The van der Waals surface area contributed by atoms with Gasteiger partial charge in [-0.2, -0.15) is 0 Å². The van der Waals surface area contributed by atoms with Gasteiger partial charge in [0, 0.05) is 18.0 Å². The number of aliphatic hydroxyl groups is 2. The van der Waals surface area contributed by atoms with Crippen molar-refractivity contribution < 1.29 is 10.2 Å². The molecule has 1 aromatic carbocycles. The first kappa shape index (κ1) is 15.5. The molecule has 0 aromatic heterocycles. The zero-order valence-corrected chi connectivity index (χ0v) is 12.9. The lowest BCUT2D eigenvalue weighted by atomic mass is 9.64. The fraction of sp³-hybridized carbons (Fsp3) is 0.647. The minimum absolute atomic E-state index is 0.0960. The van der Waals surface area contributed by atoms with E-state index in [0.717, 1.165) is 12.0 Å². The summed E-state index contributed by atoms with van der Waals surface area (Å²) in [7, 11) is 0. The average molecular weight is 277 g/mol. The Bertz CT molecular complexity index is 439. The van der Waals surface area contributed by atoms with Gasteiger partial charge in [-0.25, -0.2) is 0 Å². The van der Waals surface area contributed by atoms with Crippen molar-refractivity contribution >= 4 is 0 Å². The SMILES string of the molecule is CC(C)c1ccc(C(O)CNC2CC(O)C2(C)C)cc1. The van der Waals surface area contributed by atoms with Crippen molar-refractivity contribution in [3.05, 3.63) is 35.4 Å². The summed E-state index contributed by atoms with van der Waals surface area (Å²) < 4.78 is 0. The summed E-state index contributed by atoms with van der Waals surface area (Å²) >= 11 is 0. The molecule has 0 radical (unpaired) electrons. The highest BCUT2D eigenvalue weighted by Gasteiger charge is 2.46. The molecule has 1 aromatic rings. The first-order chi connectivity index (χ1) is 9.32. The lowest BCUT2D eigenvalue weighted by Crippen LogP contribution is -2.60. The molecule has 3 N–H and O–H groups in total. The van der Waals surface area contributed by atoms with Crippen LogP contribution in [-0.4, -0.2) is 28.9 Å². The average Bonchev–Trinajstić information content (AvgIpc) is 2.43. The van der Waals surface area contributed by atoms with Crippen LogP contribution in [0.3, 0.4) is 0 Å². The molecule has 1 aliphatic rings. The van der Waals surface area contributed by atoms with Crippen LogP contribution >= 0.6 is 0 Å². The van der Waals surface area contributed by atoms with Gasteiger partial charge < -0.3 is 15.5 Å². The van der Waals surface area contributed by atoms with E-state index in [1.807, 2.05) is 12.1 Å². The zero-order valence-electron chi connectivity index (χ0n) is 12.9. The van der Waals surface area contributed by atoms with Crippen LogP contribution in [0.1, 0.15) is 57.3 Å². The van der Waals surface area contributed by atoms with Gasteiger partial charge in [0.25, 0.3) is 0 Å². The highest BCUT2D eigenvalue weighted by Crippen LogP contribution is 2.40. The molecule has 0 saturated heterocycles. The van der Waals surface area contributed by atoms with Crippen LogP contribution < -0.4 is 5.32 Å². The van der Waals surface area contributed by atoms with Crippen molar-refractivity contribution in [2.75, 3.05) is 6.54 Å². The van der Waals surface area contributed by atoms with Crippen molar-refractivity contribution in [2.24, 2.45) is 5.41 Å². The Kier molecular flexibility index (Phi) is 4.52. The molecular weight excluding hydrogens is 250 g/mol. The van der Waals surface area contributed by atoms with Gasteiger partial charge in [0.1, 0.15) is 0 Å². The molecule has 112 valence electrons. The molecule has 3 heteroatoms. The zero-order chi connectivity index (χ0) is 14.9. The lowest BCUT2D eigenvalue weighted by Gasteiger charge is -2.50. The van der Waals surface area contributed by atoms with Crippen molar-refractivity contribution in [2.45, 2.75) is 58.3 Å². The topological polar surface area (TPSA) is 52.5 Å². The van der Waals surface area contributed by atoms with Crippen molar-refractivity contribution in [3.63, 3.8) is 0 Å². The fourth-order valence-electron chi connectivity index (χ4n) is 2.72. The third kappa shape index (κ3) is 3.05. The molecule has 3 unspecified atom stereocenters. The van der Waals surface area contributed by atoms with Crippen molar-refractivity contribution in [1.82, 2.24) is 5.32 Å². The molecule has 2 rings (SSSR count). The summed E-state index contributed by atoms with van der Waals surface area (Å²) in [6.07, 6.45) is 0.0404. The Morgan fingerprint density at radius 3 is 2.20 bits per heavy atom. The number of rotatable bonds is 5. The van der Waals surface area contributed by atoms with Gasteiger partial charge in [-0.15, -0.1) is 0 Å². The number of benzene rings is 1. The molecule has 1 aliphatic carbocycles. The summed E-state index contributed by atoms with van der Waals surface area (Å²) in [5, 5.41) is 23.3. The maximum absolute atomic E-state index is 10.2. The second-order valence-corrected chi connectivity index (χ2v) is 6.87. The Labute approximate surface area is 122 Å². The van der Waals surface area contributed by atoms with Crippen LogP contribution in [0.4, 0.5) is 0 Å². The molecule has 0 spiro atoms. The second-order valence-electron chi connectivity index (χ2n) is 6.87. The summed E-state index contributed by atoms with van der Waals surface area (Å²) in [5.74, 6) is 0.511. The van der Waals surface area contributed by atoms with Gasteiger partial charge >= 0.3 is 0 Å². The standard InChI is InChI=1S/C17H27NO2/c1-11(2)12-5-7-13(8-6-12)14(19)10-18-15-9-16(20)17(15,3)4/h5-8,11,14-16,18-20H,9-10H2,1-4H3. The highest BCUT2D eigenvalue weighted by atomic mass is 16.3.